The number of alkyl halides is 2. The van der Waals surface area contributed by atoms with E-state index in [0.717, 1.165) is 11.1 Å². The number of ether oxygens (including phenoxy) is 1. The van der Waals surface area contributed by atoms with Crippen LogP contribution in [0.5, 0.6) is 5.75 Å². The lowest BCUT2D eigenvalue weighted by molar-refractivity contribution is -0.0498. The van der Waals surface area contributed by atoms with Crippen LogP contribution in [0, 0.1) is 0 Å². The molecule has 1 unspecified atom stereocenters. The van der Waals surface area contributed by atoms with Crippen molar-refractivity contribution in [2.75, 3.05) is 0 Å². The molecule has 0 radical (unpaired) electrons. The van der Waals surface area contributed by atoms with Crippen LogP contribution >= 0.6 is 0 Å². The molecular weight excluding hydrogens is 262 g/mol. The molecule has 0 heterocycles. The fourth-order valence-electron chi connectivity index (χ4n) is 2.00. The maximum absolute atomic E-state index is 12.1. The molecule has 0 spiro atoms. The van der Waals surface area contributed by atoms with E-state index in [1.54, 1.807) is 12.1 Å². The van der Waals surface area contributed by atoms with Gasteiger partial charge in [-0.25, -0.2) is 0 Å². The minimum Gasteiger partial charge on any atom is -0.435 e. The van der Waals surface area contributed by atoms with E-state index >= 15 is 0 Å². The van der Waals surface area contributed by atoms with Crippen LogP contribution in [0.2, 0.25) is 0 Å². The van der Waals surface area contributed by atoms with E-state index in [9.17, 15) is 8.78 Å². The van der Waals surface area contributed by atoms with Gasteiger partial charge in [-0.05, 0) is 29.7 Å². The van der Waals surface area contributed by atoms with Crippen LogP contribution in [0.1, 0.15) is 17.2 Å². The molecule has 5 heteroatoms. The highest BCUT2D eigenvalue weighted by Crippen LogP contribution is 2.21. The van der Waals surface area contributed by atoms with Gasteiger partial charge in [0.05, 0.1) is 0 Å². The molecule has 0 amide bonds. The van der Waals surface area contributed by atoms with Crippen LogP contribution < -0.4 is 16.0 Å². The van der Waals surface area contributed by atoms with Gasteiger partial charge >= 0.3 is 6.61 Å². The highest BCUT2D eigenvalue weighted by Gasteiger charge is 2.11. The van der Waals surface area contributed by atoms with E-state index < -0.39 is 6.61 Å². The normalized spacial score (nSPS) is 12.4. The third kappa shape index (κ3) is 4.01. The molecular formula is C15H16F2N2O. The maximum atomic E-state index is 12.1. The summed E-state index contributed by atoms with van der Waals surface area (Å²) >= 11 is 0. The summed E-state index contributed by atoms with van der Waals surface area (Å²) in [5.41, 5.74) is 4.79. The summed E-state index contributed by atoms with van der Waals surface area (Å²) in [6, 6.07) is 16.3. The Kier molecular flexibility index (Phi) is 5.03. The Hall–Kier alpha value is -1.98. The number of benzene rings is 2. The van der Waals surface area contributed by atoms with E-state index in [4.69, 9.17) is 5.84 Å². The van der Waals surface area contributed by atoms with Gasteiger partial charge in [0.2, 0.25) is 0 Å². The Morgan fingerprint density at radius 3 is 2.20 bits per heavy atom. The van der Waals surface area contributed by atoms with Crippen LogP contribution in [0.15, 0.2) is 54.6 Å². The van der Waals surface area contributed by atoms with Crippen LogP contribution in [-0.2, 0) is 6.42 Å². The van der Waals surface area contributed by atoms with Gasteiger partial charge in [0.15, 0.2) is 0 Å². The molecule has 2 rings (SSSR count). The second kappa shape index (κ2) is 6.98. The second-order valence-corrected chi connectivity index (χ2v) is 4.36. The lowest BCUT2D eigenvalue weighted by Gasteiger charge is -2.17. The van der Waals surface area contributed by atoms with Gasteiger partial charge < -0.3 is 4.74 Å². The van der Waals surface area contributed by atoms with Crippen molar-refractivity contribution in [3.05, 3.63) is 65.7 Å². The highest BCUT2D eigenvalue weighted by molar-refractivity contribution is 5.30. The summed E-state index contributed by atoms with van der Waals surface area (Å²) < 4.78 is 28.5. The van der Waals surface area contributed by atoms with Crippen molar-refractivity contribution in [3.8, 4) is 5.75 Å². The first-order valence-corrected chi connectivity index (χ1v) is 6.24. The van der Waals surface area contributed by atoms with Gasteiger partial charge in [0.25, 0.3) is 0 Å². The Balaban J connectivity index is 2.07. The fraction of sp³-hybridized carbons (Fsp3) is 0.200. The third-order valence-electron chi connectivity index (χ3n) is 2.99. The third-order valence-corrected chi connectivity index (χ3v) is 2.99. The van der Waals surface area contributed by atoms with E-state index in [1.807, 2.05) is 30.3 Å². The van der Waals surface area contributed by atoms with Gasteiger partial charge in [-0.2, -0.15) is 8.78 Å². The van der Waals surface area contributed by atoms with Crippen LogP contribution in [0.3, 0.4) is 0 Å². The summed E-state index contributed by atoms with van der Waals surface area (Å²) in [7, 11) is 0. The topological polar surface area (TPSA) is 47.3 Å². The minimum atomic E-state index is -2.81. The fourth-order valence-corrected chi connectivity index (χ4v) is 2.00. The standard InChI is InChI=1S/C15H16F2N2O/c16-15(17)20-13-8-6-12(7-9-13)14(19-18)10-11-4-2-1-3-5-11/h1-9,14-15,19H,10,18H2. The SMILES string of the molecule is NNC(Cc1ccccc1)c1ccc(OC(F)F)cc1. The first-order valence-electron chi connectivity index (χ1n) is 6.24. The van der Waals surface area contributed by atoms with Gasteiger partial charge in [-0.1, -0.05) is 42.5 Å². The molecule has 0 bridgehead atoms. The maximum Gasteiger partial charge on any atom is 0.387 e. The molecule has 2 aromatic carbocycles. The summed E-state index contributed by atoms with van der Waals surface area (Å²) in [6.07, 6.45) is 0.715. The smallest absolute Gasteiger partial charge is 0.387 e. The number of hydrogen-bond donors (Lipinski definition) is 2. The number of nitrogens with two attached hydrogens (primary N) is 1. The molecule has 3 N–H and O–H groups in total. The van der Waals surface area contributed by atoms with Crippen LogP contribution in [0.4, 0.5) is 8.78 Å². The zero-order valence-electron chi connectivity index (χ0n) is 10.8. The number of rotatable bonds is 6. The van der Waals surface area contributed by atoms with Gasteiger partial charge in [-0.15, -0.1) is 0 Å². The van der Waals surface area contributed by atoms with E-state index in [-0.39, 0.29) is 11.8 Å². The lowest BCUT2D eigenvalue weighted by atomic mass is 9.99. The predicted octanol–water partition coefficient (Wildman–Crippen LogP) is 3.04. The average molecular weight is 278 g/mol. The Morgan fingerprint density at radius 2 is 1.65 bits per heavy atom. The Labute approximate surface area is 116 Å². The van der Waals surface area contributed by atoms with Crippen molar-refractivity contribution >= 4 is 0 Å². The van der Waals surface area contributed by atoms with Crippen molar-refractivity contribution in [1.29, 1.82) is 0 Å². The van der Waals surface area contributed by atoms with E-state index in [0.29, 0.717) is 6.42 Å². The summed E-state index contributed by atoms with van der Waals surface area (Å²) in [6.45, 7) is -2.81. The Morgan fingerprint density at radius 1 is 1.00 bits per heavy atom. The predicted molar refractivity (Wildman–Crippen MR) is 73.3 cm³/mol. The first kappa shape index (κ1) is 14.4. The molecule has 0 aliphatic rings. The number of nitrogens with one attached hydrogen (secondary N) is 1. The molecule has 0 aromatic heterocycles. The summed E-state index contributed by atoms with van der Waals surface area (Å²) in [4.78, 5) is 0. The molecule has 0 saturated carbocycles. The molecule has 0 fully saturated rings. The molecule has 3 nitrogen and oxygen atoms in total. The van der Waals surface area contributed by atoms with Crippen molar-refractivity contribution in [2.45, 2.75) is 19.1 Å². The van der Waals surface area contributed by atoms with Crippen LogP contribution in [-0.4, -0.2) is 6.61 Å². The lowest BCUT2D eigenvalue weighted by Crippen LogP contribution is -2.29. The van der Waals surface area contributed by atoms with E-state index in [2.05, 4.69) is 10.2 Å². The van der Waals surface area contributed by atoms with Crippen molar-refractivity contribution in [2.24, 2.45) is 5.84 Å². The van der Waals surface area contributed by atoms with E-state index in [1.165, 1.54) is 12.1 Å². The second-order valence-electron chi connectivity index (χ2n) is 4.36. The average Bonchev–Trinajstić information content (AvgIpc) is 2.46. The zero-order valence-corrected chi connectivity index (χ0v) is 10.8. The van der Waals surface area contributed by atoms with Crippen molar-refractivity contribution < 1.29 is 13.5 Å². The number of halogens is 2. The summed E-state index contributed by atoms with van der Waals surface area (Å²) in [5.74, 6) is 5.71. The van der Waals surface area contributed by atoms with Crippen molar-refractivity contribution in [3.63, 3.8) is 0 Å². The molecule has 106 valence electrons. The quantitative estimate of drug-likeness (QED) is 0.630. The molecule has 0 saturated heterocycles. The molecule has 20 heavy (non-hydrogen) atoms. The highest BCUT2D eigenvalue weighted by atomic mass is 19.3. The van der Waals surface area contributed by atoms with Gasteiger partial charge in [0, 0.05) is 6.04 Å². The minimum absolute atomic E-state index is 0.0852. The molecule has 2 aromatic rings. The first-order chi connectivity index (χ1) is 9.69. The molecule has 0 aliphatic carbocycles. The summed E-state index contributed by atoms with van der Waals surface area (Å²) in [5, 5.41) is 0. The number of hydrazine groups is 1. The number of hydrogen-bond acceptors (Lipinski definition) is 3. The molecule has 0 aliphatic heterocycles. The largest absolute Gasteiger partial charge is 0.435 e. The molecule has 1 atom stereocenters. The van der Waals surface area contributed by atoms with Gasteiger partial charge in [-0.3, -0.25) is 11.3 Å². The van der Waals surface area contributed by atoms with Crippen molar-refractivity contribution in [1.82, 2.24) is 5.43 Å². The van der Waals surface area contributed by atoms with Crippen LogP contribution in [0.25, 0.3) is 0 Å². The monoisotopic (exact) mass is 278 g/mol. The van der Waals surface area contributed by atoms with Gasteiger partial charge in [0.1, 0.15) is 5.75 Å². The zero-order chi connectivity index (χ0) is 14.4. The Bertz CT molecular complexity index is 517.